The number of ether oxygens (including phenoxy) is 1. The zero-order valence-electron chi connectivity index (χ0n) is 15.0. The molecule has 8 nitrogen and oxygen atoms in total. The van der Waals surface area contributed by atoms with Gasteiger partial charge in [-0.2, -0.15) is 0 Å². The summed E-state index contributed by atoms with van der Waals surface area (Å²) in [7, 11) is 0. The van der Waals surface area contributed by atoms with E-state index in [0.717, 1.165) is 11.3 Å². The molecule has 1 aromatic carbocycles. The molecule has 27 heavy (non-hydrogen) atoms. The van der Waals surface area contributed by atoms with Gasteiger partial charge in [-0.15, -0.1) is 5.10 Å². The van der Waals surface area contributed by atoms with Gasteiger partial charge in [0.25, 0.3) is 0 Å². The smallest absolute Gasteiger partial charge is 0.339 e. The van der Waals surface area contributed by atoms with Gasteiger partial charge < -0.3 is 10.5 Å². The molecule has 0 aliphatic heterocycles. The van der Waals surface area contributed by atoms with Crippen LogP contribution in [0.3, 0.4) is 0 Å². The summed E-state index contributed by atoms with van der Waals surface area (Å²) in [6.07, 6.45) is 2.37. The van der Waals surface area contributed by atoms with Crippen molar-refractivity contribution in [2.24, 2.45) is 0 Å². The van der Waals surface area contributed by atoms with Crippen LogP contribution >= 0.6 is 15.9 Å². The summed E-state index contributed by atoms with van der Waals surface area (Å²) in [5, 5.41) is 8.33. The van der Waals surface area contributed by atoms with E-state index in [2.05, 4.69) is 36.2 Å². The van der Waals surface area contributed by atoms with Gasteiger partial charge in [0.15, 0.2) is 0 Å². The van der Waals surface area contributed by atoms with E-state index in [4.69, 9.17) is 10.5 Å². The number of benzene rings is 1. The molecule has 2 aromatic heterocycles. The Bertz CT molecular complexity index is 972. The van der Waals surface area contributed by atoms with E-state index in [1.165, 1.54) is 0 Å². The summed E-state index contributed by atoms with van der Waals surface area (Å²) in [4.78, 5) is 20.6. The highest BCUT2D eigenvalue weighted by Crippen LogP contribution is 2.18. The van der Waals surface area contributed by atoms with Gasteiger partial charge in [-0.25, -0.2) is 19.4 Å². The first-order valence-corrected chi connectivity index (χ1v) is 9.19. The normalized spacial score (nSPS) is 10.8. The van der Waals surface area contributed by atoms with Crippen LogP contribution in [0.2, 0.25) is 0 Å². The number of halogens is 1. The van der Waals surface area contributed by atoms with Crippen LogP contribution < -0.4 is 5.73 Å². The largest absolute Gasteiger partial charge is 0.455 e. The van der Waals surface area contributed by atoms with Crippen molar-refractivity contribution in [1.82, 2.24) is 25.0 Å². The molecule has 0 aliphatic carbocycles. The lowest BCUT2D eigenvalue weighted by molar-refractivity contribution is 0.0465. The molecule has 140 valence electrons. The Hall–Kier alpha value is -2.81. The molecule has 0 radical (unpaired) electrons. The van der Waals surface area contributed by atoms with E-state index in [9.17, 15) is 4.79 Å². The summed E-state index contributed by atoms with van der Waals surface area (Å²) in [5.74, 6) is 0.613. The molecule has 0 saturated heterocycles. The molecule has 3 rings (SSSR count). The lowest BCUT2D eigenvalue weighted by Gasteiger charge is -2.09. The molecule has 2 heterocycles. The molecule has 0 saturated carbocycles. The second-order valence-electron chi connectivity index (χ2n) is 5.88. The van der Waals surface area contributed by atoms with Crippen LogP contribution in [-0.2, 0) is 24.3 Å². The van der Waals surface area contributed by atoms with Crippen molar-refractivity contribution in [3.05, 3.63) is 63.3 Å². The van der Waals surface area contributed by atoms with Gasteiger partial charge in [-0.1, -0.05) is 24.3 Å². The number of anilines is 1. The third-order valence-electron chi connectivity index (χ3n) is 4.03. The summed E-state index contributed by atoms with van der Waals surface area (Å²) in [6, 6.07) is 7.11. The monoisotopic (exact) mass is 430 g/mol. The Balaban J connectivity index is 1.74. The molecule has 0 atom stereocenters. The number of nitrogens with zero attached hydrogens (tertiary/aromatic N) is 5. The maximum atomic E-state index is 12.3. The van der Waals surface area contributed by atoms with Crippen molar-refractivity contribution in [2.45, 2.75) is 33.4 Å². The summed E-state index contributed by atoms with van der Waals surface area (Å²) < 4.78 is 7.82. The highest BCUT2D eigenvalue weighted by atomic mass is 79.9. The standard InChI is InChI=1S/C18H19BrN6O2/c1-3-16-15(10-27-18(26)13-6-4-5-7-14(13)19)23-24-25(16)9-12-8-21-11(2)22-17(12)20/h4-8H,3,9-10H2,1-2H3,(H2,20,21,22). The first kappa shape index (κ1) is 19.0. The van der Waals surface area contributed by atoms with Gasteiger partial charge in [-0.05, 0) is 41.4 Å². The average Bonchev–Trinajstić information content (AvgIpc) is 3.04. The van der Waals surface area contributed by atoms with Gasteiger partial charge in [0, 0.05) is 16.2 Å². The third-order valence-corrected chi connectivity index (χ3v) is 4.72. The summed E-state index contributed by atoms with van der Waals surface area (Å²) in [5.41, 5.74) is 8.67. The van der Waals surface area contributed by atoms with Crippen molar-refractivity contribution in [3.63, 3.8) is 0 Å². The Kier molecular flexibility index (Phi) is 5.80. The number of nitrogen functional groups attached to an aromatic ring is 1. The Morgan fingerprint density at radius 2 is 2.11 bits per heavy atom. The number of hydrogen-bond acceptors (Lipinski definition) is 7. The van der Waals surface area contributed by atoms with Crippen molar-refractivity contribution in [3.8, 4) is 0 Å². The molecule has 0 spiro atoms. The van der Waals surface area contributed by atoms with Crippen LogP contribution in [-0.4, -0.2) is 30.9 Å². The average molecular weight is 431 g/mol. The highest BCUT2D eigenvalue weighted by Gasteiger charge is 2.16. The predicted octanol–water partition coefficient (Wildman–Crippen LogP) is 2.69. The number of esters is 1. The Morgan fingerprint density at radius 3 is 2.81 bits per heavy atom. The number of aryl methyl sites for hydroxylation is 1. The first-order chi connectivity index (χ1) is 13.0. The fraction of sp³-hybridized carbons (Fsp3) is 0.278. The maximum Gasteiger partial charge on any atom is 0.339 e. The fourth-order valence-corrected chi connectivity index (χ4v) is 3.08. The topological polar surface area (TPSA) is 109 Å². The molecule has 3 aromatic rings. The molecular formula is C18H19BrN6O2. The van der Waals surface area contributed by atoms with E-state index in [-0.39, 0.29) is 6.61 Å². The lowest BCUT2D eigenvalue weighted by Crippen LogP contribution is -2.11. The van der Waals surface area contributed by atoms with E-state index < -0.39 is 5.97 Å². The number of carbonyl (C=O) groups is 1. The van der Waals surface area contributed by atoms with Crippen molar-refractivity contribution >= 4 is 27.7 Å². The molecule has 0 amide bonds. The van der Waals surface area contributed by atoms with Crippen molar-refractivity contribution in [1.29, 1.82) is 0 Å². The van der Waals surface area contributed by atoms with Crippen LogP contribution in [0, 0.1) is 6.92 Å². The number of aromatic nitrogens is 5. The number of nitrogens with two attached hydrogens (primary N) is 1. The fourth-order valence-electron chi connectivity index (χ4n) is 2.63. The van der Waals surface area contributed by atoms with E-state index in [1.54, 1.807) is 36.0 Å². The first-order valence-electron chi connectivity index (χ1n) is 8.40. The third kappa shape index (κ3) is 4.30. The molecule has 2 N–H and O–H groups in total. The molecule has 0 fully saturated rings. The number of rotatable bonds is 6. The maximum absolute atomic E-state index is 12.3. The van der Waals surface area contributed by atoms with Gasteiger partial charge in [0.2, 0.25) is 0 Å². The zero-order valence-corrected chi connectivity index (χ0v) is 16.6. The minimum atomic E-state index is -0.421. The number of carbonyl (C=O) groups excluding carboxylic acids is 1. The second-order valence-corrected chi connectivity index (χ2v) is 6.73. The van der Waals surface area contributed by atoms with Crippen molar-refractivity contribution < 1.29 is 9.53 Å². The summed E-state index contributed by atoms with van der Waals surface area (Å²) >= 11 is 3.35. The van der Waals surface area contributed by atoms with E-state index in [1.807, 2.05) is 13.0 Å². The molecular weight excluding hydrogens is 412 g/mol. The van der Waals surface area contributed by atoms with E-state index >= 15 is 0 Å². The van der Waals surface area contributed by atoms with Gasteiger partial charge in [-0.3, -0.25) is 0 Å². The van der Waals surface area contributed by atoms with Gasteiger partial charge in [0.05, 0.1) is 17.8 Å². The molecule has 0 unspecified atom stereocenters. The lowest BCUT2D eigenvalue weighted by atomic mass is 10.2. The van der Waals surface area contributed by atoms with Crippen LogP contribution in [0.1, 0.15) is 40.1 Å². The quantitative estimate of drug-likeness (QED) is 0.598. The zero-order chi connectivity index (χ0) is 19.4. The van der Waals surface area contributed by atoms with Crippen LogP contribution in [0.5, 0.6) is 0 Å². The van der Waals surface area contributed by atoms with Gasteiger partial charge in [0.1, 0.15) is 23.9 Å². The van der Waals surface area contributed by atoms with Crippen LogP contribution in [0.25, 0.3) is 0 Å². The minimum absolute atomic E-state index is 0.0449. The summed E-state index contributed by atoms with van der Waals surface area (Å²) in [6.45, 7) is 4.22. The molecule has 0 aliphatic rings. The minimum Gasteiger partial charge on any atom is -0.455 e. The van der Waals surface area contributed by atoms with Crippen molar-refractivity contribution in [2.75, 3.05) is 5.73 Å². The molecule has 9 heteroatoms. The predicted molar refractivity (Wildman–Crippen MR) is 103 cm³/mol. The van der Waals surface area contributed by atoms with E-state index in [0.29, 0.717) is 40.3 Å². The van der Waals surface area contributed by atoms with Crippen LogP contribution in [0.15, 0.2) is 34.9 Å². The molecule has 0 bridgehead atoms. The highest BCUT2D eigenvalue weighted by molar-refractivity contribution is 9.10. The Labute approximate surface area is 164 Å². The Morgan fingerprint density at radius 1 is 1.33 bits per heavy atom. The SMILES string of the molecule is CCc1c(COC(=O)c2ccccc2Br)nnn1Cc1cnc(C)nc1N. The van der Waals surface area contributed by atoms with Crippen LogP contribution in [0.4, 0.5) is 5.82 Å². The second kappa shape index (κ2) is 8.26. The van der Waals surface area contributed by atoms with Gasteiger partial charge >= 0.3 is 5.97 Å². The number of hydrogen-bond donors (Lipinski definition) is 1.